The van der Waals surface area contributed by atoms with Gasteiger partial charge < -0.3 is 16.0 Å². The number of nitrogens with two attached hydrogens (primary N) is 1. The van der Waals surface area contributed by atoms with Crippen LogP contribution in [0.5, 0.6) is 0 Å². The average Bonchev–Trinajstić information content (AvgIpc) is 2.94. The number of pyridine rings is 1. The van der Waals surface area contributed by atoms with Gasteiger partial charge in [0.05, 0.1) is 23.0 Å². The maximum Gasteiger partial charge on any atom is 0.227 e. The summed E-state index contributed by atoms with van der Waals surface area (Å²) in [6.45, 7) is 4.40. The van der Waals surface area contributed by atoms with Crippen LogP contribution in [0.4, 0.5) is 11.8 Å². The minimum Gasteiger partial charge on any atom is -0.383 e. The number of aromatic nitrogens is 5. The number of imidazole rings is 1. The number of rotatable bonds is 3. The van der Waals surface area contributed by atoms with Crippen molar-refractivity contribution in [2.45, 2.75) is 20.4 Å². The van der Waals surface area contributed by atoms with E-state index in [2.05, 4.69) is 30.2 Å². The SMILES string of the molecule is Cc1cc(C)c2c(N)nc(NCc3nc4ccccc4[nH]3)nc2n1. The number of aromatic amines is 1. The monoisotopic (exact) mass is 319 g/mol. The number of benzene rings is 1. The topological polar surface area (TPSA) is 105 Å². The summed E-state index contributed by atoms with van der Waals surface area (Å²) >= 11 is 0. The Bertz CT molecular complexity index is 1020. The highest BCUT2D eigenvalue weighted by Gasteiger charge is 2.10. The predicted molar refractivity (Wildman–Crippen MR) is 94.6 cm³/mol. The summed E-state index contributed by atoms with van der Waals surface area (Å²) in [6, 6.07) is 9.87. The van der Waals surface area contributed by atoms with E-state index in [1.54, 1.807) is 0 Å². The molecule has 0 amide bonds. The van der Waals surface area contributed by atoms with Gasteiger partial charge in [-0.05, 0) is 37.6 Å². The second-order valence-electron chi connectivity index (χ2n) is 5.77. The zero-order valence-electron chi connectivity index (χ0n) is 13.5. The number of nitrogen functional groups attached to an aromatic ring is 1. The van der Waals surface area contributed by atoms with E-state index in [4.69, 9.17) is 5.73 Å². The van der Waals surface area contributed by atoms with E-state index < -0.39 is 0 Å². The Labute approximate surface area is 138 Å². The van der Waals surface area contributed by atoms with Crippen molar-refractivity contribution in [1.82, 2.24) is 24.9 Å². The number of H-pyrrole nitrogens is 1. The van der Waals surface area contributed by atoms with E-state index >= 15 is 0 Å². The molecule has 0 fully saturated rings. The Morgan fingerprint density at radius 3 is 2.75 bits per heavy atom. The van der Waals surface area contributed by atoms with Gasteiger partial charge in [-0.15, -0.1) is 0 Å². The molecule has 4 rings (SSSR count). The van der Waals surface area contributed by atoms with Gasteiger partial charge in [-0.1, -0.05) is 12.1 Å². The van der Waals surface area contributed by atoms with Crippen molar-refractivity contribution in [2.75, 3.05) is 11.1 Å². The van der Waals surface area contributed by atoms with Crippen LogP contribution in [-0.2, 0) is 6.54 Å². The first-order valence-electron chi connectivity index (χ1n) is 7.69. The fourth-order valence-corrected chi connectivity index (χ4v) is 2.84. The van der Waals surface area contributed by atoms with E-state index in [0.29, 0.717) is 24.0 Å². The third kappa shape index (κ3) is 2.50. The Morgan fingerprint density at radius 1 is 1.08 bits per heavy atom. The molecule has 0 unspecified atom stereocenters. The average molecular weight is 319 g/mol. The van der Waals surface area contributed by atoms with E-state index in [-0.39, 0.29) is 0 Å². The Morgan fingerprint density at radius 2 is 1.92 bits per heavy atom. The lowest BCUT2D eigenvalue weighted by atomic mass is 10.1. The highest BCUT2D eigenvalue weighted by atomic mass is 15.1. The standard InChI is InChI=1S/C17H17N7/c1-9-7-10(2)20-16-14(9)15(18)23-17(24-16)19-8-13-21-11-5-3-4-6-12(11)22-13/h3-7H,8H2,1-2H3,(H,21,22)(H3,18,19,20,23,24). The molecule has 0 spiro atoms. The lowest BCUT2D eigenvalue weighted by Gasteiger charge is -2.08. The van der Waals surface area contributed by atoms with Crippen LogP contribution in [0.25, 0.3) is 22.1 Å². The third-order valence-corrected chi connectivity index (χ3v) is 3.87. The lowest BCUT2D eigenvalue weighted by Crippen LogP contribution is -2.08. The van der Waals surface area contributed by atoms with Crippen LogP contribution < -0.4 is 11.1 Å². The Hall–Kier alpha value is -3.22. The number of para-hydroxylation sites is 2. The number of hydrogen-bond acceptors (Lipinski definition) is 6. The second-order valence-corrected chi connectivity index (χ2v) is 5.77. The largest absolute Gasteiger partial charge is 0.383 e. The molecule has 0 aliphatic carbocycles. The first-order chi connectivity index (χ1) is 11.6. The van der Waals surface area contributed by atoms with Crippen molar-refractivity contribution >= 4 is 33.8 Å². The quantitative estimate of drug-likeness (QED) is 0.536. The first-order valence-corrected chi connectivity index (χ1v) is 7.69. The van der Waals surface area contributed by atoms with Gasteiger partial charge in [-0.2, -0.15) is 9.97 Å². The third-order valence-electron chi connectivity index (χ3n) is 3.87. The molecule has 0 aliphatic heterocycles. The minimum atomic E-state index is 0.428. The number of aryl methyl sites for hydroxylation is 2. The van der Waals surface area contributed by atoms with Gasteiger partial charge in [0.25, 0.3) is 0 Å². The van der Waals surface area contributed by atoms with Crippen molar-refractivity contribution in [1.29, 1.82) is 0 Å². The van der Waals surface area contributed by atoms with Crippen LogP contribution >= 0.6 is 0 Å². The van der Waals surface area contributed by atoms with Gasteiger partial charge in [0.15, 0.2) is 5.65 Å². The van der Waals surface area contributed by atoms with Gasteiger partial charge in [0.1, 0.15) is 11.6 Å². The molecule has 0 aliphatic rings. The molecule has 24 heavy (non-hydrogen) atoms. The number of hydrogen-bond donors (Lipinski definition) is 3. The number of nitrogens with zero attached hydrogens (tertiary/aromatic N) is 4. The molecule has 120 valence electrons. The fraction of sp³-hybridized carbons (Fsp3) is 0.176. The number of anilines is 2. The van der Waals surface area contributed by atoms with Gasteiger partial charge in [0.2, 0.25) is 5.95 Å². The molecule has 3 heterocycles. The van der Waals surface area contributed by atoms with Crippen molar-refractivity contribution in [3.8, 4) is 0 Å². The molecule has 7 nitrogen and oxygen atoms in total. The zero-order valence-corrected chi connectivity index (χ0v) is 13.5. The smallest absolute Gasteiger partial charge is 0.227 e. The predicted octanol–water partition coefficient (Wildman–Crippen LogP) is 2.71. The fourth-order valence-electron chi connectivity index (χ4n) is 2.84. The molecule has 4 N–H and O–H groups in total. The van der Waals surface area contributed by atoms with Crippen LogP contribution in [0.1, 0.15) is 17.1 Å². The van der Waals surface area contributed by atoms with Gasteiger partial charge >= 0.3 is 0 Å². The van der Waals surface area contributed by atoms with Crippen molar-refractivity contribution in [2.24, 2.45) is 0 Å². The summed E-state index contributed by atoms with van der Waals surface area (Å²) in [5, 5.41) is 3.96. The number of fused-ring (bicyclic) bond motifs is 2. The molecular formula is C17H17N7. The van der Waals surface area contributed by atoms with Gasteiger partial charge in [-0.3, -0.25) is 0 Å². The molecule has 0 radical (unpaired) electrons. The molecule has 1 aromatic carbocycles. The highest BCUT2D eigenvalue weighted by molar-refractivity contribution is 5.89. The lowest BCUT2D eigenvalue weighted by molar-refractivity contribution is 0.980. The van der Waals surface area contributed by atoms with Crippen LogP contribution in [0.2, 0.25) is 0 Å². The van der Waals surface area contributed by atoms with Crippen LogP contribution in [-0.4, -0.2) is 24.9 Å². The normalized spacial score (nSPS) is 11.2. The van der Waals surface area contributed by atoms with E-state index in [9.17, 15) is 0 Å². The Balaban J connectivity index is 1.64. The summed E-state index contributed by atoms with van der Waals surface area (Å²) in [4.78, 5) is 21.0. The second kappa shape index (κ2) is 5.45. The first kappa shape index (κ1) is 14.4. The summed E-state index contributed by atoms with van der Waals surface area (Å²) in [7, 11) is 0. The van der Waals surface area contributed by atoms with Crippen LogP contribution in [0, 0.1) is 13.8 Å². The zero-order chi connectivity index (χ0) is 16.7. The Kier molecular flexibility index (Phi) is 3.26. The molecule has 0 saturated carbocycles. The van der Waals surface area contributed by atoms with Crippen molar-refractivity contribution in [3.05, 3.63) is 47.4 Å². The summed E-state index contributed by atoms with van der Waals surface area (Å²) < 4.78 is 0. The van der Waals surface area contributed by atoms with E-state index in [0.717, 1.165) is 33.5 Å². The molecule has 0 bridgehead atoms. The molecule has 7 heteroatoms. The summed E-state index contributed by atoms with van der Waals surface area (Å²) in [5.41, 5.74) is 10.6. The van der Waals surface area contributed by atoms with Gasteiger partial charge in [-0.25, -0.2) is 9.97 Å². The van der Waals surface area contributed by atoms with Crippen molar-refractivity contribution < 1.29 is 0 Å². The van der Waals surface area contributed by atoms with E-state index in [1.165, 1.54) is 0 Å². The minimum absolute atomic E-state index is 0.428. The van der Waals surface area contributed by atoms with Crippen LogP contribution in [0.3, 0.4) is 0 Å². The van der Waals surface area contributed by atoms with Crippen LogP contribution in [0.15, 0.2) is 30.3 Å². The molecular weight excluding hydrogens is 302 g/mol. The van der Waals surface area contributed by atoms with Crippen molar-refractivity contribution in [3.63, 3.8) is 0 Å². The highest BCUT2D eigenvalue weighted by Crippen LogP contribution is 2.22. The summed E-state index contributed by atoms with van der Waals surface area (Å²) in [5.74, 6) is 1.68. The van der Waals surface area contributed by atoms with Gasteiger partial charge in [0, 0.05) is 5.69 Å². The maximum atomic E-state index is 6.08. The summed E-state index contributed by atoms with van der Waals surface area (Å²) in [6.07, 6.45) is 0. The van der Waals surface area contributed by atoms with E-state index in [1.807, 2.05) is 44.2 Å². The molecule has 3 aromatic heterocycles. The molecule has 0 atom stereocenters. The number of nitrogens with one attached hydrogen (secondary N) is 2. The maximum absolute atomic E-state index is 6.08. The molecule has 4 aromatic rings. The molecule has 0 saturated heterocycles.